The number of nitrogens with zero attached hydrogens (tertiary/aromatic N) is 5. The van der Waals surface area contributed by atoms with Gasteiger partial charge in [-0.25, -0.2) is 14.4 Å². The van der Waals surface area contributed by atoms with Crippen molar-refractivity contribution >= 4 is 29.0 Å². The van der Waals surface area contributed by atoms with E-state index in [2.05, 4.69) is 13.9 Å². The second kappa shape index (κ2) is 8.11. The maximum Gasteiger partial charge on any atom is 0.254 e. The standard InChI is InChI=1S/C23H19ClFN5OS/c1-13-20-19(15-3-7-17(24)8-4-15)27-21(22-26-14(2)28-32-22)30(20)12-11-29(13)23(31)16-5-9-18(25)10-6-16/h3-10,13H,11-12H2,1-2H3. The fraction of sp³-hybridized carbons (Fsp3) is 0.217. The topological polar surface area (TPSA) is 63.9 Å². The minimum Gasteiger partial charge on any atom is -0.329 e. The molecule has 162 valence electrons. The number of benzene rings is 2. The first-order chi connectivity index (χ1) is 15.4. The van der Waals surface area contributed by atoms with E-state index in [1.54, 1.807) is 4.90 Å². The second-order valence-corrected chi connectivity index (χ2v) is 8.84. The average molecular weight is 468 g/mol. The molecule has 0 saturated heterocycles. The zero-order chi connectivity index (χ0) is 22.4. The highest BCUT2D eigenvalue weighted by Gasteiger charge is 2.34. The molecule has 0 fully saturated rings. The van der Waals surface area contributed by atoms with E-state index in [1.165, 1.54) is 35.8 Å². The van der Waals surface area contributed by atoms with Crippen LogP contribution in [-0.4, -0.2) is 36.3 Å². The molecule has 0 aliphatic carbocycles. The Morgan fingerprint density at radius 2 is 1.81 bits per heavy atom. The Kier molecular flexibility index (Phi) is 5.27. The second-order valence-electron chi connectivity index (χ2n) is 7.66. The number of aryl methyl sites for hydroxylation is 1. The smallest absolute Gasteiger partial charge is 0.254 e. The van der Waals surface area contributed by atoms with Crippen LogP contribution in [0.4, 0.5) is 4.39 Å². The van der Waals surface area contributed by atoms with Crippen LogP contribution in [0.15, 0.2) is 48.5 Å². The van der Waals surface area contributed by atoms with Gasteiger partial charge in [0.1, 0.15) is 11.6 Å². The summed E-state index contributed by atoms with van der Waals surface area (Å²) in [4.78, 5) is 24.5. The number of carbonyl (C=O) groups excluding carboxylic acids is 1. The summed E-state index contributed by atoms with van der Waals surface area (Å²) in [5.74, 6) is 0.942. The monoisotopic (exact) mass is 467 g/mol. The van der Waals surface area contributed by atoms with Gasteiger partial charge in [0.05, 0.1) is 17.4 Å². The van der Waals surface area contributed by atoms with E-state index < -0.39 is 0 Å². The van der Waals surface area contributed by atoms with E-state index in [0.29, 0.717) is 29.5 Å². The molecule has 0 bridgehead atoms. The average Bonchev–Trinajstić information content (AvgIpc) is 3.39. The molecule has 0 radical (unpaired) electrons. The molecular formula is C23H19ClFN5OS. The van der Waals surface area contributed by atoms with E-state index in [-0.39, 0.29) is 17.8 Å². The first-order valence-electron chi connectivity index (χ1n) is 10.2. The summed E-state index contributed by atoms with van der Waals surface area (Å²) in [6.07, 6.45) is 0. The highest BCUT2D eigenvalue weighted by Crippen LogP contribution is 2.39. The van der Waals surface area contributed by atoms with Crippen LogP contribution in [0.2, 0.25) is 5.02 Å². The molecule has 0 N–H and O–H groups in total. The molecule has 1 atom stereocenters. The van der Waals surface area contributed by atoms with Crippen molar-refractivity contribution in [2.45, 2.75) is 26.4 Å². The lowest BCUT2D eigenvalue weighted by atomic mass is 10.0. The molecule has 0 spiro atoms. The van der Waals surface area contributed by atoms with Gasteiger partial charge in [-0.15, -0.1) is 0 Å². The number of rotatable bonds is 3. The van der Waals surface area contributed by atoms with Gasteiger partial charge in [-0.2, -0.15) is 4.37 Å². The zero-order valence-corrected chi connectivity index (χ0v) is 19.0. The molecule has 0 saturated carbocycles. The Morgan fingerprint density at radius 3 is 2.47 bits per heavy atom. The van der Waals surface area contributed by atoms with E-state index in [1.807, 2.05) is 38.1 Å². The Bertz CT molecular complexity index is 1300. The maximum absolute atomic E-state index is 13.3. The fourth-order valence-corrected chi connectivity index (χ4v) is 4.87. The van der Waals surface area contributed by atoms with Gasteiger partial charge in [-0.1, -0.05) is 23.7 Å². The molecule has 1 aliphatic rings. The van der Waals surface area contributed by atoms with E-state index in [4.69, 9.17) is 16.6 Å². The summed E-state index contributed by atoms with van der Waals surface area (Å²) in [6.45, 7) is 4.92. The van der Waals surface area contributed by atoms with E-state index >= 15 is 0 Å². The predicted molar refractivity (Wildman–Crippen MR) is 122 cm³/mol. The number of fused-ring (bicyclic) bond motifs is 1. The highest BCUT2D eigenvalue weighted by molar-refractivity contribution is 7.09. The van der Waals surface area contributed by atoms with E-state index in [0.717, 1.165) is 27.8 Å². The maximum atomic E-state index is 13.3. The minimum absolute atomic E-state index is 0.139. The summed E-state index contributed by atoms with van der Waals surface area (Å²) < 4.78 is 19.8. The SMILES string of the molecule is Cc1nsc(-c2nc(-c3ccc(Cl)cc3)c3n2CCN(C(=O)c2ccc(F)cc2)C3C)n1. The van der Waals surface area contributed by atoms with Crippen molar-refractivity contribution in [3.8, 4) is 22.1 Å². The first-order valence-corrected chi connectivity index (χ1v) is 11.3. The highest BCUT2D eigenvalue weighted by atomic mass is 35.5. The quantitative estimate of drug-likeness (QED) is 0.405. The summed E-state index contributed by atoms with van der Waals surface area (Å²) >= 11 is 7.41. The summed E-state index contributed by atoms with van der Waals surface area (Å²) in [7, 11) is 0. The molecule has 1 unspecified atom stereocenters. The lowest BCUT2D eigenvalue weighted by Gasteiger charge is -2.35. The Hall–Kier alpha value is -3.10. The molecular weight excluding hydrogens is 449 g/mol. The van der Waals surface area contributed by atoms with Crippen LogP contribution >= 0.6 is 23.1 Å². The van der Waals surface area contributed by atoms with Crippen molar-refractivity contribution in [2.75, 3.05) is 6.54 Å². The van der Waals surface area contributed by atoms with Crippen LogP contribution < -0.4 is 0 Å². The first kappa shape index (κ1) is 20.8. The third-order valence-electron chi connectivity index (χ3n) is 5.62. The normalized spacial score (nSPS) is 15.6. The number of halogens is 2. The number of hydrogen-bond donors (Lipinski definition) is 0. The molecule has 3 heterocycles. The lowest BCUT2D eigenvalue weighted by Crippen LogP contribution is -2.41. The fourth-order valence-electron chi connectivity index (χ4n) is 4.07. The van der Waals surface area contributed by atoms with Gasteiger partial charge in [0, 0.05) is 29.2 Å². The van der Waals surface area contributed by atoms with Crippen LogP contribution in [0, 0.1) is 12.7 Å². The molecule has 4 aromatic rings. The van der Waals surface area contributed by atoms with Crippen LogP contribution in [0.25, 0.3) is 22.1 Å². The molecule has 2 aromatic carbocycles. The van der Waals surface area contributed by atoms with Crippen molar-refractivity contribution in [3.63, 3.8) is 0 Å². The third kappa shape index (κ3) is 3.59. The minimum atomic E-state index is -0.367. The summed E-state index contributed by atoms with van der Waals surface area (Å²) in [5.41, 5.74) is 3.08. The largest absolute Gasteiger partial charge is 0.329 e. The van der Waals surface area contributed by atoms with E-state index in [9.17, 15) is 9.18 Å². The molecule has 5 rings (SSSR count). The lowest BCUT2D eigenvalue weighted by molar-refractivity contribution is 0.0645. The number of amides is 1. The molecule has 9 heteroatoms. The van der Waals surface area contributed by atoms with Crippen molar-refractivity contribution < 1.29 is 9.18 Å². The number of carbonyl (C=O) groups is 1. The summed E-state index contributed by atoms with van der Waals surface area (Å²) in [6, 6.07) is 12.9. The van der Waals surface area contributed by atoms with Crippen molar-refractivity contribution in [2.24, 2.45) is 0 Å². The summed E-state index contributed by atoms with van der Waals surface area (Å²) in [5, 5.41) is 1.39. The Balaban J connectivity index is 1.61. The van der Waals surface area contributed by atoms with Gasteiger partial charge < -0.3 is 9.47 Å². The molecule has 2 aromatic heterocycles. The predicted octanol–water partition coefficient (Wildman–Crippen LogP) is 5.39. The van der Waals surface area contributed by atoms with Gasteiger partial charge in [0.2, 0.25) is 0 Å². The van der Waals surface area contributed by atoms with Crippen LogP contribution in [0.5, 0.6) is 0 Å². The van der Waals surface area contributed by atoms with Gasteiger partial charge in [0.15, 0.2) is 10.8 Å². The zero-order valence-electron chi connectivity index (χ0n) is 17.4. The third-order valence-corrected chi connectivity index (χ3v) is 6.68. The Labute approximate surface area is 193 Å². The van der Waals surface area contributed by atoms with Crippen molar-refractivity contribution in [1.29, 1.82) is 0 Å². The van der Waals surface area contributed by atoms with Gasteiger partial charge >= 0.3 is 0 Å². The number of hydrogen-bond acceptors (Lipinski definition) is 5. The molecule has 6 nitrogen and oxygen atoms in total. The van der Waals surface area contributed by atoms with Gasteiger partial charge in [-0.3, -0.25) is 4.79 Å². The van der Waals surface area contributed by atoms with Crippen LogP contribution in [0.1, 0.15) is 34.8 Å². The van der Waals surface area contributed by atoms with Gasteiger partial charge in [0.25, 0.3) is 5.91 Å². The Morgan fingerprint density at radius 1 is 1.09 bits per heavy atom. The van der Waals surface area contributed by atoms with Gasteiger partial charge in [-0.05, 0) is 61.8 Å². The van der Waals surface area contributed by atoms with Crippen molar-refractivity contribution in [3.05, 3.63) is 76.5 Å². The molecule has 32 heavy (non-hydrogen) atoms. The van der Waals surface area contributed by atoms with Crippen molar-refractivity contribution in [1.82, 2.24) is 23.8 Å². The molecule has 1 amide bonds. The van der Waals surface area contributed by atoms with Crippen LogP contribution in [-0.2, 0) is 6.54 Å². The van der Waals surface area contributed by atoms with Crippen LogP contribution in [0.3, 0.4) is 0 Å². The number of aromatic nitrogens is 4. The number of imidazole rings is 1. The molecule has 1 aliphatic heterocycles.